The van der Waals surface area contributed by atoms with Gasteiger partial charge in [0.15, 0.2) is 0 Å². The Kier molecular flexibility index (Phi) is 5.98. The topological polar surface area (TPSA) is 49.6 Å². The fourth-order valence-corrected chi connectivity index (χ4v) is 3.42. The van der Waals surface area contributed by atoms with Crippen molar-refractivity contribution in [2.75, 3.05) is 26.7 Å². The van der Waals surface area contributed by atoms with Crippen molar-refractivity contribution in [1.29, 1.82) is 0 Å². The van der Waals surface area contributed by atoms with Crippen molar-refractivity contribution in [2.24, 2.45) is 11.7 Å². The van der Waals surface area contributed by atoms with Crippen LogP contribution in [0.5, 0.6) is 0 Å². The van der Waals surface area contributed by atoms with Gasteiger partial charge in [0.25, 0.3) is 0 Å². The molecule has 4 heteroatoms. The maximum Gasteiger partial charge on any atom is 0.224 e. The molecule has 1 fully saturated rings. The number of hydrogen-bond donors (Lipinski definition) is 1. The minimum Gasteiger partial charge on any atom is -0.342 e. The first-order chi connectivity index (χ1) is 10.5. The lowest BCUT2D eigenvalue weighted by Gasteiger charge is -2.41. The molecule has 1 heterocycles. The van der Waals surface area contributed by atoms with Crippen LogP contribution in [0.2, 0.25) is 0 Å². The fourth-order valence-electron chi connectivity index (χ4n) is 3.42. The first-order valence-corrected chi connectivity index (χ1v) is 8.31. The third-order valence-electron chi connectivity index (χ3n) is 4.90. The van der Waals surface area contributed by atoms with Crippen molar-refractivity contribution in [2.45, 2.75) is 38.8 Å². The number of rotatable bonds is 5. The summed E-state index contributed by atoms with van der Waals surface area (Å²) in [7, 11) is 1.93. The summed E-state index contributed by atoms with van der Waals surface area (Å²) >= 11 is 0. The van der Waals surface area contributed by atoms with Crippen LogP contribution in [0.3, 0.4) is 0 Å². The Morgan fingerprint density at radius 1 is 1.41 bits per heavy atom. The van der Waals surface area contributed by atoms with Crippen molar-refractivity contribution in [3.8, 4) is 0 Å². The first-order valence-electron chi connectivity index (χ1n) is 8.31. The SMILES string of the molecule is CCN1CC[C@H](N(C)C(=O)C[C@H](N)c2ccccc2)[C@H](C)C1. The van der Waals surface area contributed by atoms with Crippen molar-refractivity contribution >= 4 is 5.91 Å². The summed E-state index contributed by atoms with van der Waals surface area (Å²) in [6, 6.07) is 9.98. The summed E-state index contributed by atoms with van der Waals surface area (Å²) < 4.78 is 0. The number of hydrogen-bond acceptors (Lipinski definition) is 3. The summed E-state index contributed by atoms with van der Waals surface area (Å²) in [6.45, 7) is 7.68. The van der Waals surface area contributed by atoms with E-state index >= 15 is 0 Å². The molecule has 1 amide bonds. The highest BCUT2D eigenvalue weighted by Crippen LogP contribution is 2.23. The highest BCUT2D eigenvalue weighted by molar-refractivity contribution is 5.77. The number of benzene rings is 1. The zero-order chi connectivity index (χ0) is 16.1. The summed E-state index contributed by atoms with van der Waals surface area (Å²) in [5.74, 6) is 0.661. The fraction of sp³-hybridized carbons (Fsp3) is 0.611. The standard InChI is InChI=1S/C18H29N3O/c1-4-21-11-10-17(14(2)13-21)20(3)18(22)12-16(19)15-8-6-5-7-9-15/h5-9,14,16-17H,4,10-13,19H2,1-3H3/t14-,16+,17+/m1/s1. The number of amides is 1. The maximum absolute atomic E-state index is 12.6. The van der Waals surface area contributed by atoms with Crippen LogP contribution in [0.4, 0.5) is 0 Å². The minimum atomic E-state index is -0.220. The highest BCUT2D eigenvalue weighted by atomic mass is 16.2. The van der Waals surface area contributed by atoms with E-state index in [1.165, 1.54) is 0 Å². The van der Waals surface area contributed by atoms with Gasteiger partial charge in [-0.15, -0.1) is 0 Å². The van der Waals surface area contributed by atoms with E-state index in [1.54, 1.807) is 0 Å². The summed E-state index contributed by atoms with van der Waals surface area (Å²) in [5, 5.41) is 0. The lowest BCUT2D eigenvalue weighted by molar-refractivity contribution is -0.134. The Bertz CT molecular complexity index is 476. The number of nitrogens with zero attached hydrogens (tertiary/aromatic N) is 2. The molecule has 1 aliphatic rings. The molecule has 4 nitrogen and oxygen atoms in total. The number of carbonyl (C=O) groups is 1. The molecule has 1 saturated heterocycles. The van der Waals surface area contributed by atoms with Crippen LogP contribution in [-0.4, -0.2) is 48.4 Å². The van der Waals surface area contributed by atoms with Gasteiger partial charge in [-0.3, -0.25) is 4.79 Å². The van der Waals surface area contributed by atoms with E-state index in [1.807, 2.05) is 42.3 Å². The Balaban J connectivity index is 1.92. The van der Waals surface area contributed by atoms with E-state index in [2.05, 4.69) is 18.7 Å². The van der Waals surface area contributed by atoms with E-state index in [-0.39, 0.29) is 11.9 Å². The number of nitrogens with two attached hydrogens (primary N) is 1. The lowest BCUT2D eigenvalue weighted by Crippen LogP contribution is -2.50. The average Bonchev–Trinajstić information content (AvgIpc) is 2.54. The van der Waals surface area contributed by atoms with Gasteiger partial charge in [-0.05, 0) is 24.4 Å². The minimum absolute atomic E-state index is 0.151. The predicted molar refractivity (Wildman–Crippen MR) is 90.4 cm³/mol. The van der Waals surface area contributed by atoms with Crippen molar-refractivity contribution < 1.29 is 4.79 Å². The van der Waals surface area contributed by atoms with Crippen LogP contribution >= 0.6 is 0 Å². The highest BCUT2D eigenvalue weighted by Gasteiger charge is 2.31. The van der Waals surface area contributed by atoms with Gasteiger partial charge in [0.1, 0.15) is 0 Å². The van der Waals surface area contributed by atoms with Crippen molar-refractivity contribution in [3.63, 3.8) is 0 Å². The second kappa shape index (κ2) is 7.75. The van der Waals surface area contributed by atoms with Gasteiger partial charge in [0, 0.05) is 38.6 Å². The van der Waals surface area contributed by atoms with Gasteiger partial charge < -0.3 is 15.5 Å². The van der Waals surface area contributed by atoms with Crippen LogP contribution in [0, 0.1) is 5.92 Å². The van der Waals surface area contributed by atoms with E-state index in [0.717, 1.165) is 31.6 Å². The molecule has 2 N–H and O–H groups in total. The molecular weight excluding hydrogens is 274 g/mol. The van der Waals surface area contributed by atoms with Crippen molar-refractivity contribution in [3.05, 3.63) is 35.9 Å². The quantitative estimate of drug-likeness (QED) is 0.908. The molecule has 122 valence electrons. The Morgan fingerprint density at radius 3 is 2.68 bits per heavy atom. The zero-order valence-corrected chi connectivity index (χ0v) is 14.0. The molecule has 22 heavy (non-hydrogen) atoms. The first kappa shape index (κ1) is 17.0. The normalized spacial score (nSPS) is 24.0. The zero-order valence-electron chi connectivity index (χ0n) is 14.0. The van der Waals surface area contributed by atoms with Gasteiger partial charge in [-0.2, -0.15) is 0 Å². The molecule has 3 atom stereocenters. The third-order valence-corrected chi connectivity index (χ3v) is 4.90. The molecule has 0 saturated carbocycles. The molecular formula is C18H29N3O. The van der Waals surface area contributed by atoms with Gasteiger partial charge >= 0.3 is 0 Å². The van der Waals surface area contributed by atoms with Gasteiger partial charge in [0.05, 0.1) is 0 Å². The third kappa shape index (κ3) is 4.08. The molecule has 0 unspecified atom stereocenters. The molecule has 0 bridgehead atoms. The molecule has 1 aliphatic heterocycles. The molecule has 0 aliphatic carbocycles. The lowest BCUT2D eigenvalue weighted by atomic mass is 9.92. The van der Waals surface area contributed by atoms with Crippen LogP contribution in [0.15, 0.2) is 30.3 Å². The van der Waals surface area contributed by atoms with Crippen LogP contribution in [0.25, 0.3) is 0 Å². The summed E-state index contributed by atoms with van der Waals surface area (Å²) in [6.07, 6.45) is 1.43. The van der Waals surface area contributed by atoms with Gasteiger partial charge in [0.2, 0.25) is 5.91 Å². The molecule has 2 rings (SSSR count). The maximum atomic E-state index is 12.6. The molecule has 1 aromatic carbocycles. The Hall–Kier alpha value is -1.39. The molecule has 0 aromatic heterocycles. The van der Waals surface area contributed by atoms with E-state index in [4.69, 9.17) is 5.73 Å². The van der Waals surface area contributed by atoms with Crippen LogP contribution < -0.4 is 5.73 Å². The van der Waals surface area contributed by atoms with E-state index < -0.39 is 0 Å². The number of carbonyl (C=O) groups excluding carboxylic acids is 1. The van der Waals surface area contributed by atoms with E-state index in [0.29, 0.717) is 18.4 Å². The van der Waals surface area contributed by atoms with Crippen LogP contribution in [-0.2, 0) is 4.79 Å². The number of likely N-dealkylation sites (tertiary alicyclic amines) is 1. The smallest absolute Gasteiger partial charge is 0.224 e. The largest absolute Gasteiger partial charge is 0.342 e. The Labute approximate surface area is 134 Å². The Morgan fingerprint density at radius 2 is 2.09 bits per heavy atom. The summed E-state index contributed by atoms with van der Waals surface area (Å²) in [4.78, 5) is 16.9. The van der Waals surface area contributed by atoms with Gasteiger partial charge in [-0.25, -0.2) is 0 Å². The van der Waals surface area contributed by atoms with Crippen LogP contribution in [0.1, 0.15) is 38.3 Å². The summed E-state index contributed by atoms with van der Waals surface area (Å²) in [5.41, 5.74) is 7.21. The molecule has 0 spiro atoms. The second-order valence-electron chi connectivity index (χ2n) is 6.45. The van der Waals surface area contributed by atoms with Gasteiger partial charge in [-0.1, -0.05) is 44.2 Å². The van der Waals surface area contributed by atoms with E-state index in [9.17, 15) is 4.79 Å². The molecule has 1 aromatic rings. The second-order valence-corrected chi connectivity index (χ2v) is 6.45. The number of piperidine rings is 1. The molecule has 0 radical (unpaired) electrons. The monoisotopic (exact) mass is 303 g/mol. The predicted octanol–water partition coefficient (Wildman–Crippen LogP) is 2.27. The van der Waals surface area contributed by atoms with Crippen molar-refractivity contribution in [1.82, 2.24) is 9.80 Å². The average molecular weight is 303 g/mol.